The van der Waals surface area contributed by atoms with E-state index in [1.54, 1.807) is 34.5 Å². The number of hydrogen-bond acceptors (Lipinski definition) is 4. The molecule has 3 rings (SSSR count). The highest BCUT2D eigenvalue weighted by atomic mass is 32.1. The van der Waals surface area contributed by atoms with Crippen LogP contribution in [-0.2, 0) is 11.3 Å². The summed E-state index contributed by atoms with van der Waals surface area (Å²) in [6.07, 6.45) is 3.44. The Morgan fingerprint density at radius 1 is 1.30 bits per heavy atom. The van der Waals surface area contributed by atoms with Crippen LogP contribution >= 0.6 is 11.3 Å². The van der Waals surface area contributed by atoms with Gasteiger partial charge in [0.25, 0.3) is 0 Å². The van der Waals surface area contributed by atoms with Gasteiger partial charge in [0.2, 0.25) is 5.91 Å². The fourth-order valence-electron chi connectivity index (χ4n) is 2.41. The van der Waals surface area contributed by atoms with E-state index in [2.05, 4.69) is 15.4 Å². The number of carbonyl (C=O) groups excluding carboxylic acids is 1. The second-order valence-corrected chi connectivity index (χ2v) is 6.36. The Bertz CT molecular complexity index is 780. The van der Waals surface area contributed by atoms with Gasteiger partial charge in [-0.2, -0.15) is 5.10 Å². The average Bonchev–Trinajstić information content (AvgIpc) is 3.17. The lowest BCUT2D eigenvalue weighted by Crippen LogP contribution is -2.30. The number of nitrogens with zero attached hydrogens (tertiary/aromatic N) is 3. The van der Waals surface area contributed by atoms with E-state index in [0.29, 0.717) is 0 Å². The van der Waals surface area contributed by atoms with Crippen molar-refractivity contribution in [1.82, 2.24) is 20.1 Å². The van der Waals surface area contributed by atoms with Gasteiger partial charge >= 0.3 is 0 Å². The minimum Gasteiger partial charge on any atom is -0.347 e. The summed E-state index contributed by atoms with van der Waals surface area (Å²) in [5.74, 6) is -0.0599. The van der Waals surface area contributed by atoms with Crippen molar-refractivity contribution in [1.29, 1.82) is 0 Å². The first-order chi connectivity index (χ1) is 11.1. The lowest BCUT2D eigenvalue weighted by Gasteiger charge is -2.12. The zero-order valence-corrected chi connectivity index (χ0v) is 13.9. The van der Waals surface area contributed by atoms with Gasteiger partial charge in [0.1, 0.15) is 11.6 Å². The second-order valence-electron chi connectivity index (χ2n) is 5.33. The summed E-state index contributed by atoms with van der Waals surface area (Å²) in [5, 5.41) is 8.03. The average molecular weight is 326 g/mol. The molecule has 118 valence electrons. The van der Waals surface area contributed by atoms with Crippen LogP contribution in [0.15, 0.2) is 48.8 Å². The molecule has 0 unspecified atom stereocenters. The molecule has 0 aliphatic rings. The lowest BCUT2D eigenvalue weighted by molar-refractivity contribution is -0.122. The monoisotopic (exact) mass is 326 g/mol. The molecule has 1 N–H and O–H groups in total. The van der Waals surface area contributed by atoms with Crippen LogP contribution < -0.4 is 5.32 Å². The molecule has 1 atom stereocenters. The Hall–Kier alpha value is -2.47. The first-order valence-electron chi connectivity index (χ1n) is 7.43. The summed E-state index contributed by atoms with van der Waals surface area (Å²) < 4.78 is 1.61. The van der Waals surface area contributed by atoms with Gasteiger partial charge in [-0.3, -0.25) is 9.48 Å². The number of thiazole rings is 1. The Morgan fingerprint density at radius 3 is 2.78 bits per heavy atom. The SMILES string of the molecule is Cc1nc(-c2ccccc2)sc1[C@@H](C)NC(=O)Cn1cccn1. The molecule has 1 amide bonds. The van der Waals surface area contributed by atoms with E-state index in [1.807, 2.05) is 44.2 Å². The molecule has 0 bridgehead atoms. The van der Waals surface area contributed by atoms with E-state index in [1.165, 1.54) is 0 Å². The van der Waals surface area contributed by atoms with Crippen LogP contribution in [0, 0.1) is 6.92 Å². The molecule has 6 heteroatoms. The summed E-state index contributed by atoms with van der Waals surface area (Å²) in [6, 6.07) is 11.8. The van der Waals surface area contributed by atoms with E-state index in [9.17, 15) is 4.79 Å². The van der Waals surface area contributed by atoms with E-state index in [0.717, 1.165) is 21.1 Å². The molecule has 2 heterocycles. The zero-order valence-electron chi connectivity index (χ0n) is 13.1. The van der Waals surface area contributed by atoms with E-state index in [4.69, 9.17) is 0 Å². The number of aromatic nitrogens is 3. The third-order valence-corrected chi connectivity index (χ3v) is 4.88. The minimum atomic E-state index is -0.0759. The normalized spacial score (nSPS) is 12.1. The van der Waals surface area contributed by atoms with Crippen LogP contribution in [0.25, 0.3) is 10.6 Å². The second kappa shape index (κ2) is 6.75. The van der Waals surface area contributed by atoms with Crippen molar-refractivity contribution in [3.8, 4) is 10.6 Å². The van der Waals surface area contributed by atoms with Crippen LogP contribution in [0.5, 0.6) is 0 Å². The van der Waals surface area contributed by atoms with Crippen LogP contribution in [-0.4, -0.2) is 20.7 Å². The molecule has 0 saturated heterocycles. The molecule has 5 nitrogen and oxygen atoms in total. The highest BCUT2D eigenvalue weighted by Gasteiger charge is 2.17. The van der Waals surface area contributed by atoms with E-state index >= 15 is 0 Å². The number of benzene rings is 1. The Labute approximate surface area is 139 Å². The molecular weight excluding hydrogens is 308 g/mol. The zero-order chi connectivity index (χ0) is 16.2. The van der Waals surface area contributed by atoms with Gasteiger partial charge in [-0.1, -0.05) is 30.3 Å². The van der Waals surface area contributed by atoms with Gasteiger partial charge < -0.3 is 5.32 Å². The maximum Gasteiger partial charge on any atom is 0.242 e. The number of nitrogens with one attached hydrogen (secondary N) is 1. The van der Waals surface area contributed by atoms with Gasteiger partial charge in [0.05, 0.1) is 16.6 Å². The highest BCUT2D eigenvalue weighted by molar-refractivity contribution is 7.15. The van der Waals surface area contributed by atoms with Gasteiger partial charge in [0.15, 0.2) is 0 Å². The first kappa shape index (κ1) is 15.4. The predicted molar refractivity (Wildman–Crippen MR) is 91.1 cm³/mol. The first-order valence-corrected chi connectivity index (χ1v) is 8.24. The van der Waals surface area contributed by atoms with Crippen LogP contribution in [0.4, 0.5) is 0 Å². The summed E-state index contributed by atoms with van der Waals surface area (Å²) in [5.41, 5.74) is 2.06. The fraction of sp³-hybridized carbons (Fsp3) is 0.235. The molecule has 0 spiro atoms. The fourth-order valence-corrected chi connectivity index (χ4v) is 3.48. The summed E-state index contributed by atoms with van der Waals surface area (Å²) in [7, 11) is 0. The Kier molecular flexibility index (Phi) is 4.52. The largest absolute Gasteiger partial charge is 0.347 e. The van der Waals surface area contributed by atoms with Crippen LogP contribution in [0.2, 0.25) is 0 Å². The minimum absolute atomic E-state index is 0.0599. The van der Waals surface area contributed by atoms with Crippen molar-refractivity contribution in [2.75, 3.05) is 0 Å². The van der Waals surface area contributed by atoms with E-state index in [-0.39, 0.29) is 18.5 Å². The van der Waals surface area contributed by atoms with Crippen molar-refractivity contribution in [3.05, 3.63) is 59.4 Å². The molecule has 0 aliphatic heterocycles. The van der Waals surface area contributed by atoms with Crippen molar-refractivity contribution < 1.29 is 4.79 Å². The summed E-state index contributed by atoms with van der Waals surface area (Å²) >= 11 is 1.62. The highest BCUT2D eigenvalue weighted by Crippen LogP contribution is 2.31. The summed E-state index contributed by atoms with van der Waals surface area (Å²) in [4.78, 5) is 17.8. The topological polar surface area (TPSA) is 59.8 Å². The standard InChI is InChI=1S/C17H18N4OS/c1-12(19-15(22)11-21-10-6-9-18-21)16-13(2)20-17(23-16)14-7-4-3-5-8-14/h3-10,12H,11H2,1-2H3,(H,19,22)/t12-/m1/s1. The van der Waals surface area contributed by atoms with Crippen molar-refractivity contribution >= 4 is 17.2 Å². The molecule has 0 saturated carbocycles. The van der Waals surface area contributed by atoms with Crippen LogP contribution in [0.3, 0.4) is 0 Å². The van der Waals surface area contributed by atoms with Gasteiger partial charge in [-0.25, -0.2) is 4.98 Å². The quantitative estimate of drug-likeness (QED) is 0.783. The molecule has 0 radical (unpaired) electrons. The van der Waals surface area contributed by atoms with Gasteiger partial charge in [-0.05, 0) is 19.9 Å². The summed E-state index contributed by atoms with van der Waals surface area (Å²) in [6.45, 7) is 4.19. The van der Waals surface area contributed by atoms with Gasteiger partial charge in [0, 0.05) is 18.0 Å². The Balaban J connectivity index is 1.71. The molecular formula is C17H18N4OS. The Morgan fingerprint density at radius 2 is 2.09 bits per heavy atom. The number of amides is 1. The maximum absolute atomic E-state index is 12.1. The molecule has 3 aromatic rings. The van der Waals surface area contributed by atoms with Crippen molar-refractivity contribution in [2.45, 2.75) is 26.4 Å². The smallest absolute Gasteiger partial charge is 0.242 e. The van der Waals surface area contributed by atoms with Crippen LogP contribution in [0.1, 0.15) is 23.5 Å². The number of rotatable bonds is 5. The third-order valence-electron chi connectivity index (χ3n) is 3.49. The predicted octanol–water partition coefficient (Wildman–Crippen LogP) is 3.19. The van der Waals surface area contributed by atoms with E-state index < -0.39 is 0 Å². The third kappa shape index (κ3) is 3.65. The molecule has 1 aromatic carbocycles. The van der Waals surface area contributed by atoms with Crippen molar-refractivity contribution in [3.63, 3.8) is 0 Å². The number of aryl methyl sites for hydroxylation is 1. The number of hydrogen-bond donors (Lipinski definition) is 1. The van der Waals surface area contributed by atoms with Gasteiger partial charge in [-0.15, -0.1) is 11.3 Å². The number of carbonyl (C=O) groups is 1. The molecule has 0 fully saturated rings. The molecule has 0 aliphatic carbocycles. The molecule has 2 aromatic heterocycles. The van der Waals surface area contributed by atoms with Crippen molar-refractivity contribution in [2.24, 2.45) is 0 Å². The lowest BCUT2D eigenvalue weighted by atomic mass is 10.2. The maximum atomic E-state index is 12.1. The molecule has 23 heavy (non-hydrogen) atoms.